The predicted octanol–water partition coefficient (Wildman–Crippen LogP) is 0.182. The van der Waals surface area contributed by atoms with Gasteiger partial charge in [-0.3, -0.25) is 9.59 Å². The molecule has 0 atom stereocenters. The van der Waals surface area contributed by atoms with Crippen molar-refractivity contribution >= 4 is 5.91 Å². The molecule has 1 saturated heterocycles. The lowest BCUT2D eigenvalue weighted by molar-refractivity contribution is 0.0343. The highest BCUT2D eigenvalue weighted by Crippen LogP contribution is 2.06. The molecule has 0 aliphatic carbocycles. The fraction of sp³-hybridized carbons (Fsp3) is 0.571. The third kappa shape index (κ3) is 4.18. The Labute approximate surface area is 117 Å². The first-order valence-corrected chi connectivity index (χ1v) is 6.97. The van der Waals surface area contributed by atoms with Crippen molar-refractivity contribution in [3.8, 4) is 0 Å². The molecule has 6 heteroatoms. The molecular weight excluding hydrogens is 258 g/mol. The van der Waals surface area contributed by atoms with Crippen LogP contribution in [0.25, 0.3) is 0 Å². The first kappa shape index (κ1) is 14.7. The molecule has 1 aliphatic heterocycles. The predicted molar refractivity (Wildman–Crippen MR) is 76.0 cm³/mol. The number of ether oxygens (including phenoxy) is 1. The number of hydrogen-bond acceptors (Lipinski definition) is 4. The minimum absolute atomic E-state index is 0.137. The van der Waals surface area contributed by atoms with Crippen LogP contribution in [0, 0.1) is 6.92 Å². The Balaban J connectivity index is 1.73. The van der Waals surface area contributed by atoms with Gasteiger partial charge in [-0.1, -0.05) is 0 Å². The molecule has 1 aromatic rings. The number of pyridine rings is 1. The van der Waals surface area contributed by atoms with E-state index < -0.39 is 0 Å². The van der Waals surface area contributed by atoms with Crippen molar-refractivity contribution in [2.24, 2.45) is 0 Å². The molecule has 1 amide bonds. The van der Waals surface area contributed by atoms with Gasteiger partial charge in [-0.15, -0.1) is 0 Å². The monoisotopic (exact) mass is 279 g/mol. The number of carbonyl (C=O) groups excluding carboxylic acids is 1. The number of H-pyrrole nitrogens is 1. The van der Waals surface area contributed by atoms with Crippen molar-refractivity contribution in [1.82, 2.24) is 15.6 Å². The average molecular weight is 279 g/mol. The molecule has 0 saturated carbocycles. The Hall–Kier alpha value is -1.66. The average Bonchev–Trinajstić information content (AvgIpc) is 2.44. The van der Waals surface area contributed by atoms with Gasteiger partial charge in [-0.25, -0.2) is 0 Å². The van der Waals surface area contributed by atoms with E-state index in [4.69, 9.17) is 4.74 Å². The summed E-state index contributed by atoms with van der Waals surface area (Å²) in [6.45, 7) is 4.62. The summed E-state index contributed by atoms with van der Waals surface area (Å²) < 4.78 is 5.68. The summed E-state index contributed by atoms with van der Waals surface area (Å²) in [4.78, 5) is 26.0. The maximum atomic E-state index is 11.8. The summed E-state index contributed by atoms with van der Waals surface area (Å²) in [5.74, 6) is -0.361. The Morgan fingerprint density at radius 1 is 1.40 bits per heavy atom. The lowest BCUT2D eigenvalue weighted by Gasteiger charge is -2.22. The summed E-state index contributed by atoms with van der Waals surface area (Å²) >= 11 is 0. The Kier molecular flexibility index (Phi) is 5.31. The molecule has 0 unspecified atom stereocenters. The molecule has 0 bridgehead atoms. The Morgan fingerprint density at radius 2 is 2.15 bits per heavy atom. The number of aromatic amines is 1. The van der Waals surface area contributed by atoms with Crippen molar-refractivity contribution in [2.45, 2.75) is 25.9 Å². The molecular formula is C14H21N3O3. The van der Waals surface area contributed by atoms with Gasteiger partial charge in [0, 0.05) is 12.2 Å². The minimum atomic E-state index is -0.361. The van der Waals surface area contributed by atoms with Crippen molar-refractivity contribution in [2.75, 3.05) is 26.2 Å². The van der Waals surface area contributed by atoms with E-state index >= 15 is 0 Å². The number of amides is 1. The zero-order chi connectivity index (χ0) is 14.4. The van der Waals surface area contributed by atoms with Gasteiger partial charge in [-0.2, -0.15) is 0 Å². The molecule has 2 rings (SSSR count). The topological polar surface area (TPSA) is 83.2 Å². The van der Waals surface area contributed by atoms with E-state index in [-0.39, 0.29) is 23.1 Å². The second-order valence-electron chi connectivity index (χ2n) is 4.96. The summed E-state index contributed by atoms with van der Waals surface area (Å²) in [5, 5.41) is 5.97. The number of rotatable bonds is 5. The van der Waals surface area contributed by atoms with Crippen molar-refractivity contribution in [1.29, 1.82) is 0 Å². The van der Waals surface area contributed by atoms with Crippen LogP contribution in [0.15, 0.2) is 16.9 Å². The maximum absolute atomic E-state index is 11.8. The van der Waals surface area contributed by atoms with E-state index in [0.29, 0.717) is 13.2 Å². The van der Waals surface area contributed by atoms with Gasteiger partial charge in [0.05, 0.1) is 12.7 Å². The van der Waals surface area contributed by atoms with Gasteiger partial charge in [0.25, 0.3) is 11.5 Å². The SMILES string of the molecule is Cc1ccc(C(=O)NCCOC2CCNCC2)c(=O)[nH]1. The molecule has 0 spiro atoms. The largest absolute Gasteiger partial charge is 0.376 e. The van der Waals surface area contributed by atoms with Gasteiger partial charge in [0.1, 0.15) is 5.56 Å². The first-order valence-electron chi connectivity index (χ1n) is 6.97. The third-order valence-electron chi connectivity index (χ3n) is 3.33. The lowest BCUT2D eigenvalue weighted by Crippen LogP contribution is -2.35. The Morgan fingerprint density at radius 3 is 2.85 bits per heavy atom. The van der Waals surface area contributed by atoms with Gasteiger partial charge < -0.3 is 20.4 Å². The molecule has 1 aliphatic rings. The molecule has 20 heavy (non-hydrogen) atoms. The van der Waals surface area contributed by atoms with E-state index in [9.17, 15) is 9.59 Å². The van der Waals surface area contributed by atoms with Gasteiger partial charge in [-0.05, 0) is 45.0 Å². The third-order valence-corrected chi connectivity index (χ3v) is 3.33. The molecule has 0 aromatic carbocycles. The fourth-order valence-electron chi connectivity index (χ4n) is 2.20. The number of aromatic nitrogens is 1. The van der Waals surface area contributed by atoms with Crippen LogP contribution in [0.2, 0.25) is 0 Å². The van der Waals surface area contributed by atoms with E-state index in [0.717, 1.165) is 31.6 Å². The Bertz CT molecular complexity index is 507. The number of nitrogens with one attached hydrogen (secondary N) is 3. The van der Waals surface area contributed by atoms with Gasteiger partial charge in [0.15, 0.2) is 0 Å². The number of aryl methyl sites for hydroxylation is 1. The number of piperidine rings is 1. The second-order valence-corrected chi connectivity index (χ2v) is 4.96. The molecule has 2 heterocycles. The summed E-state index contributed by atoms with van der Waals surface area (Å²) in [7, 11) is 0. The van der Waals surface area contributed by atoms with Crippen LogP contribution in [0.5, 0.6) is 0 Å². The first-order chi connectivity index (χ1) is 9.66. The van der Waals surface area contributed by atoms with E-state index in [1.807, 2.05) is 0 Å². The number of hydrogen-bond donors (Lipinski definition) is 3. The second kappa shape index (κ2) is 7.21. The summed E-state index contributed by atoms with van der Waals surface area (Å²) in [6, 6.07) is 3.25. The smallest absolute Gasteiger partial charge is 0.260 e. The van der Waals surface area contributed by atoms with E-state index in [1.165, 1.54) is 6.07 Å². The number of carbonyl (C=O) groups is 1. The van der Waals surface area contributed by atoms with Gasteiger partial charge in [0.2, 0.25) is 0 Å². The maximum Gasteiger partial charge on any atom is 0.260 e. The quantitative estimate of drug-likeness (QED) is 0.672. The minimum Gasteiger partial charge on any atom is -0.376 e. The van der Waals surface area contributed by atoms with Crippen LogP contribution in [0.3, 0.4) is 0 Å². The fourth-order valence-corrected chi connectivity index (χ4v) is 2.20. The molecule has 110 valence electrons. The normalized spacial score (nSPS) is 16.1. The highest BCUT2D eigenvalue weighted by Gasteiger charge is 2.13. The van der Waals surface area contributed by atoms with Crippen molar-refractivity contribution in [3.05, 3.63) is 33.7 Å². The van der Waals surface area contributed by atoms with Crippen molar-refractivity contribution < 1.29 is 9.53 Å². The van der Waals surface area contributed by atoms with Crippen LogP contribution in [0.1, 0.15) is 28.9 Å². The zero-order valence-corrected chi connectivity index (χ0v) is 11.7. The molecule has 3 N–H and O–H groups in total. The van der Waals surface area contributed by atoms with Crippen LogP contribution < -0.4 is 16.2 Å². The molecule has 1 fully saturated rings. The molecule has 0 radical (unpaired) electrons. The van der Waals surface area contributed by atoms with Crippen LogP contribution in [-0.4, -0.2) is 43.2 Å². The molecule has 6 nitrogen and oxygen atoms in total. The van der Waals surface area contributed by atoms with Crippen LogP contribution in [0.4, 0.5) is 0 Å². The highest BCUT2D eigenvalue weighted by atomic mass is 16.5. The van der Waals surface area contributed by atoms with Gasteiger partial charge >= 0.3 is 0 Å². The lowest BCUT2D eigenvalue weighted by atomic mass is 10.1. The zero-order valence-electron chi connectivity index (χ0n) is 11.7. The van der Waals surface area contributed by atoms with Crippen LogP contribution >= 0.6 is 0 Å². The summed E-state index contributed by atoms with van der Waals surface area (Å²) in [5.41, 5.74) is 0.514. The van der Waals surface area contributed by atoms with E-state index in [1.54, 1.807) is 13.0 Å². The highest BCUT2D eigenvalue weighted by molar-refractivity contribution is 5.93. The standard InChI is InChI=1S/C14H21N3O3/c1-10-2-3-12(14(19)17-10)13(18)16-8-9-20-11-4-6-15-7-5-11/h2-3,11,15H,4-9H2,1H3,(H,16,18)(H,17,19). The van der Waals surface area contributed by atoms with E-state index in [2.05, 4.69) is 15.6 Å². The summed E-state index contributed by atoms with van der Waals surface area (Å²) in [6.07, 6.45) is 2.29. The van der Waals surface area contributed by atoms with Crippen LogP contribution in [-0.2, 0) is 4.74 Å². The molecule has 1 aromatic heterocycles. The van der Waals surface area contributed by atoms with Crippen molar-refractivity contribution in [3.63, 3.8) is 0 Å².